The van der Waals surface area contributed by atoms with Crippen molar-refractivity contribution in [2.24, 2.45) is 0 Å². The van der Waals surface area contributed by atoms with Crippen LogP contribution in [-0.4, -0.2) is 64.1 Å². The van der Waals surface area contributed by atoms with Crippen molar-refractivity contribution in [1.82, 2.24) is 9.62 Å². The standard InChI is InChI=1S/C16H22N2O6S/c1-12-3-5-14(6-4-12)25(21,22)17-9-16(20)24-11-15(19)18-7-8-23-13(2)10-18/h3-6,13,17H,7-11H2,1-2H3. The van der Waals surface area contributed by atoms with Gasteiger partial charge in [-0.2, -0.15) is 4.72 Å². The van der Waals surface area contributed by atoms with Gasteiger partial charge in [0.25, 0.3) is 5.91 Å². The number of ether oxygens (including phenoxy) is 2. The van der Waals surface area contributed by atoms with Gasteiger partial charge in [0, 0.05) is 13.1 Å². The third kappa shape index (κ3) is 5.80. The minimum Gasteiger partial charge on any atom is -0.455 e. The molecule has 1 heterocycles. The number of rotatable bonds is 6. The van der Waals surface area contributed by atoms with E-state index in [1.54, 1.807) is 17.0 Å². The number of carbonyl (C=O) groups is 2. The summed E-state index contributed by atoms with van der Waals surface area (Å²) in [6.07, 6.45) is -0.0604. The summed E-state index contributed by atoms with van der Waals surface area (Å²) in [6, 6.07) is 6.22. The Kier molecular flexibility index (Phi) is 6.51. The summed E-state index contributed by atoms with van der Waals surface area (Å²) in [7, 11) is -3.80. The lowest BCUT2D eigenvalue weighted by Crippen LogP contribution is -2.46. The Hall–Kier alpha value is -1.97. The van der Waals surface area contributed by atoms with E-state index in [0.29, 0.717) is 19.7 Å². The molecule has 1 aromatic carbocycles. The van der Waals surface area contributed by atoms with Gasteiger partial charge in [-0.25, -0.2) is 8.42 Å². The average molecular weight is 370 g/mol. The first-order valence-electron chi connectivity index (χ1n) is 7.89. The molecule has 25 heavy (non-hydrogen) atoms. The first-order chi connectivity index (χ1) is 11.8. The Morgan fingerprint density at radius 2 is 2.00 bits per heavy atom. The van der Waals surface area contributed by atoms with E-state index in [-0.39, 0.29) is 16.9 Å². The summed E-state index contributed by atoms with van der Waals surface area (Å²) >= 11 is 0. The lowest BCUT2D eigenvalue weighted by Gasteiger charge is -2.30. The Labute approximate surface area is 147 Å². The van der Waals surface area contributed by atoms with Crippen molar-refractivity contribution in [3.63, 3.8) is 0 Å². The number of nitrogens with zero attached hydrogens (tertiary/aromatic N) is 1. The molecule has 1 aromatic rings. The quantitative estimate of drug-likeness (QED) is 0.711. The molecule has 0 spiro atoms. The normalized spacial score (nSPS) is 18.0. The first kappa shape index (κ1) is 19.4. The molecule has 1 aliphatic heterocycles. The average Bonchev–Trinajstić information content (AvgIpc) is 2.58. The first-order valence-corrected chi connectivity index (χ1v) is 9.37. The Morgan fingerprint density at radius 1 is 1.32 bits per heavy atom. The van der Waals surface area contributed by atoms with Gasteiger partial charge in [0.05, 0.1) is 17.6 Å². The molecule has 8 nitrogen and oxygen atoms in total. The van der Waals surface area contributed by atoms with Crippen molar-refractivity contribution in [2.75, 3.05) is 32.8 Å². The monoisotopic (exact) mass is 370 g/mol. The molecule has 1 atom stereocenters. The summed E-state index contributed by atoms with van der Waals surface area (Å²) in [5, 5.41) is 0. The van der Waals surface area contributed by atoms with Crippen LogP contribution in [0.4, 0.5) is 0 Å². The van der Waals surface area contributed by atoms with Crippen LogP contribution in [0.1, 0.15) is 12.5 Å². The fourth-order valence-electron chi connectivity index (χ4n) is 2.28. The maximum absolute atomic E-state index is 12.1. The van der Waals surface area contributed by atoms with Gasteiger partial charge in [-0.1, -0.05) is 17.7 Å². The molecule has 0 saturated carbocycles. The third-order valence-electron chi connectivity index (χ3n) is 3.69. The van der Waals surface area contributed by atoms with Crippen molar-refractivity contribution in [1.29, 1.82) is 0 Å². The second-order valence-electron chi connectivity index (χ2n) is 5.82. The van der Waals surface area contributed by atoms with Gasteiger partial charge in [-0.3, -0.25) is 9.59 Å². The smallest absolute Gasteiger partial charge is 0.321 e. The molecule has 0 aliphatic carbocycles. The largest absolute Gasteiger partial charge is 0.455 e. The molecule has 1 fully saturated rings. The van der Waals surface area contributed by atoms with Crippen molar-refractivity contribution < 1.29 is 27.5 Å². The van der Waals surface area contributed by atoms with Gasteiger partial charge < -0.3 is 14.4 Å². The second kappa shape index (κ2) is 8.41. The molecule has 0 aromatic heterocycles. The lowest BCUT2D eigenvalue weighted by molar-refractivity contribution is -0.154. The van der Waals surface area contributed by atoms with E-state index in [4.69, 9.17) is 9.47 Å². The van der Waals surface area contributed by atoms with E-state index in [1.807, 2.05) is 13.8 Å². The predicted octanol–water partition coefficient (Wildman–Crippen LogP) is 0.0638. The molecule has 1 aliphatic rings. The zero-order valence-electron chi connectivity index (χ0n) is 14.2. The highest BCUT2D eigenvalue weighted by atomic mass is 32.2. The molecular formula is C16H22N2O6S. The SMILES string of the molecule is Cc1ccc(S(=O)(=O)NCC(=O)OCC(=O)N2CCOC(C)C2)cc1. The molecule has 1 unspecified atom stereocenters. The van der Waals surface area contributed by atoms with E-state index >= 15 is 0 Å². The molecule has 138 valence electrons. The minimum absolute atomic E-state index is 0.0595. The number of hydrogen-bond acceptors (Lipinski definition) is 6. The van der Waals surface area contributed by atoms with Crippen LogP contribution >= 0.6 is 0 Å². The van der Waals surface area contributed by atoms with E-state index < -0.39 is 29.1 Å². The topological polar surface area (TPSA) is 102 Å². The number of esters is 1. The van der Waals surface area contributed by atoms with Gasteiger partial charge >= 0.3 is 5.97 Å². The summed E-state index contributed by atoms with van der Waals surface area (Å²) in [6.45, 7) is 4.06. The minimum atomic E-state index is -3.80. The van der Waals surface area contributed by atoms with Gasteiger partial charge in [0.2, 0.25) is 10.0 Å². The number of benzene rings is 1. The number of carbonyl (C=O) groups excluding carboxylic acids is 2. The summed E-state index contributed by atoms with van der Waals surface area (Å²) in [5.74, 6) is -1.14. The van der Waals surface area contributed by atoms with Gasteiger partial charge in [0.15, 0.2) is 6.61 Å². The molecule has 1 amide bonds. The zero-order chi connectivity index (χ0) is 18.4. The summed E-state index contributed by atoms with van der Waals surface area (Å²) in [5.41, 5.74) is 0.925. The fraction of sp³-hybridized carbons (Fsp3) is 0.500. The summed E-state index contributed by atoms with van der Waals surface area (Å²) < 4.78 is 36.5. The molecule has 1 N–H and O–H groups in total. The number of hydrogen-bond donors (Lipinski definition) is 1. The Balaban J connectivity index is 1.78. The highest BCUT2D eigenvalue weighted by Crippen LogP contribution is 2.09. The van der Waals surface area contributed by atoms with Crippen LogP contribution in [0.2, 0.25) is 0 Å². The number of nitrogens with one attached hydrogen (secondary N) is 1. The number of aryl methyl sites for hydroxylation is 1. The molecule has 0 radical (unpaired) electrons. The maximum Gasteiger partial charge on any atom is 0.321 e. The highest BCUT2D eigenvalue weighted by Gasteiger charge is 2.22. The molecular weight excluding hydrogens is 348 g/mol. The van der Waals surface area contributed by atoms with Crippen molar-refractivity contribution in [3.8, 4) is 0 Å². The van der Waals surface area contributed by atoms with Crippen LogP contribution in [0.5, 0.6) is 0 Å². The van der Waals surface area contributed by atoms with Crippen LogP contribution in [0.25, 0.3) is 0 Å². The molecule has 2 rings (SSSR count). The zero-order valence-corrected chi connectivity index (χ0v) is 15.0. The van der Waals surface area contributed by atoms with Gasteiger partial charge in [-0.05, 0) is 26.0 Å². The number of sulfonamides is 1. The third-order valence-corrected chi connectivity index (χ3v) is 5.11. The van der Waals surface area contributed by atoms with E-state index in [0.717, 1.165) is 5.56 Å². The predicted molar refractivity (Wildman–Crippen MR) is 89.3 cm³/mol. The van der Waals surface area contributed by atoms with Crippen LogP contribution < -0.4 is 4.72 Å². The van der Waals surface area contributed by atoms with E-state index in [2.05, 4.69) is 4.72 Å². The summed E-state index contributed by atoms with van der Waals surface area (Å²) in [4.78, 5) is 25.3. The molecule has 9 heteroatoms. The Morgan fingerprint density at radius 3 is 2.64 bits per heavy atom. The highest BCUT2D eigenvalue weighted by molar-refractivity contribution is 7.89. The van der Waals surface area contributed by atoms with Gasteiger partial charge in [0.1, 0.15) is 6.54 Å². The maximum atomic E-state index is 12.1. The second-order valence-corrected chi connectivity index (χ2v) is 7.59. The number of amides is 1. The van der Waals surface area contributed by atoms with Crippen molar-refractivity contribution in [3.05, 3.63) is 29.8 Å². The Bertz CT molecular complexity index is 717. The number of morpholine rings is 1. The fourth-order valence-corrected chi connectivity index (χ4v) is 3.25. The van der Waals surface area contributed by atoms with Crippen LogP contribution in [0, 0.1) is 6.92 Å². The van der Waals surface area contributed by atoms with E-state index in [9.17, 15) is 18.0 Å². The van der Waals surface area contributed by atoms with Crippen molar-refractivity contribution >= 4 is 21.9 Å². The molecule has 0 bridgehead atoms. The van der Waals surface area contributed by atoms with Crippen molar-refractivity contribution in [2.45, 2.75) is 24.8 Å². The van der Waals surface area contributed by atoms with Gasteiger partial charge in [-0.15, -0.1) is 0 Å². The van der Waals surface area contributed by atoms with E-state index in [1.165, 1.54) is 12.1 Å². The molecule has 1 saturated heterocycles. The van der Waals surface area contributed by atoms with Crippen LogP contribution in [-0.2, 0) is 29.1 Å². The van der Waals surface area contributed by atoms with Crippen LogP contribution in [0.15, 0.2) is 29.2 Å². The van der Waals surface area contributed by atoms with Crippen LogP contribution in [0.3, 0.4) is 0 Å². The lowest BCUT2D eigenvalue weighted by atomic mass is 10.2.